The summed E-state index contributed by atoms with van der Waals surface area (Å²) >= 11 is 2.07. The zero-order valence-corrected chi connectivity index (χ0v) is 10.7. The zero-order chi connectivity index (χ0) is 12.4. The van der Waals surface area contributed by atoms with Crippen LogP contribution in [0.4, 0.5) is 0 Å². The molecular weight excluding hydrogens is 333 g/mol. The highest BCUT2D eigenvalue weighted by Gasteiger charge is 2.13. The quantitative estimate of drug-likeness (QED) is 0.817. The Balaban J connectivity index is 2.23. The summed E-state index contributed by atoms with van der Waals surface area (Å²) in [5.41, 5.74) is 0.337. The average molecular weight is 341 g/mol. The van der Waals surface area contributed by atoms with E-state index in [1.807, 2.05) is 6.07 Å². The van der Waals surface area contributed by atoms with Crippen LogP contribution in [0.1, 0.15) is 10.4 Å². The largest absolute Gasteiger partial charge is 0.492 e. The molecule has 0 amide bonds. The van der Waals surface area contributed by atoms with Gasteiger partial charge in [0.1, 0.15) is 0 Å². The van der Waals surface area contributed by atoms with E-state index in [0.717, 1.165) is 3.57 Å². The van der Waals surface area contributed by atoms with Crippen molar-refractivity contribution in [3.05, 3.63) is 45.5 Å². The second kappa shape index (κ2) is 4.66. The highest BCUT2D eigenvalue weighted by atomic mass is 123. The van der Waals surface area contributed by atoms with Gasteiger partial charge in [-0.2, -0.15) is 0 Å². The summed E-state index contributed by atoms with van der Waals surface area (Å²) in [4.78, 5) is 16.5. The Morgan fingerprint density at radius 1 is 1.18 bits per heavy atom. The fraction of sp³-hybridized carbons (Fsp3) is 0. The molecular formula is C11H8INO4. The minimum atomic E-state index is -0.662. The summed E-state index contributed by atoms with van der Waals surface area (Å²) in [5, 5.41) is 18.6. The van der Waals surface area contributed by atoms with Crippen molar-refractivity contribution in [2.75, 3.05) is 0 Å². The maximum atomic E-state index is 11.7. The molecule has 0 aliphatic rings. The van der Waals surface area contributed by atoms with Crippen LogP contribution in [0.3, 0.4) is 0 Å². The SMILES string of the molecule is O=C(On1c(O)ccc1O)c1cccc([123I])c1. The van der Waals surface area contributed by atoms with Gasteiger partial charge in [-0.1, -0.05) is 6.07 Å². The molecule has 0 unspecified atom stereocenters. The first kappa shape index (κ1) is 11.8. The Hall–Kier alpha value is -1.70. The lowest BCUT2D eigenvalue weighted by Crippen LogP contribution is -2.19. The van der Waals surface area contributed by atoms with Crippen molar-refractivity contribution in [1.29, 1.82) is 0 Å². The third-order valence-corrected chi connectivity index (χ3v) is 2.70. The second-order valence-corrected chi connectivity index (χ2v) is 4.48. The summed E-state index contributed by atoms with van der Waals surface area (Å²) in [6.07, 6.45) is 0. The number of carbonyl (C=O) groups excluding carboxylic acids is 1. The molecule has 0 saturated carbocycles. The van der Waals surface area contributed by atoms with Crippen molar-refractivity contribution >= 4 is 28.6 Å². The van der Waals surface area contributed by atoms with Gasteiger partial charge in [0.15, 0.2) is 0 Å². The molecule has 1 aromatic carbocycles. The lowest BCUT2D eigenvalue weighted by atomic mass is 10.2. The molecule has 6 heteroatoms. The van der Waals surface area contributed by atoms with E-state index in [9.17, 15) is 15.0 Å². The molecule has 1 aromatic heterocycles. The lowest BCUT2D eigenvalue weighted by molar-refractivity contribution is 0.0381. The molecule has 0 saturated heterocycles. The highest BCUT2D eigenvalue weighted by Crippen LogP contribution is 2.19. The molecule has 0 bridgehead atoms. The summed E-state index contributed by atoms with van der Waals surface area (Å²) in [5.74, 6) is -1.35. The van der Waals surface area contributed by atoms with Gasteiger partial charge >= 0.3 is 5.97 Å². The van der Waals surface area contributed by atoms with Gasteiger partial charge in [-0.15, -0.1) is 4.73 Å². The maximum absolute atomic E-state index is 11.7. The van der Waals surface area contributed by atoms with Crippen molar-refractivity contribution in [1.82, 2.24) is 4.73 Å². The number of hydrogen-bond acceptors (Lipinski definition) is 4. The molecule has 5 nitrogen and oxygen atoms in total. The summed E-state index contributed by atoms with van der Waals surface area (Å²) in [6.45, 7) is 0. The van der Waals surface area contributed by atoms with Crippen LogP contribution in [0.5, 0.6) is 11.8 Å². The van der Waals surface area contributed by atoms with E-state index >= 15 is 0 Å². The predicted octanol–water partition coefficient (Wildman–Crippen LogP) is 1.77. The smallest absolute Gasteiger partial charge is 0.363 e. The molecule has 0 spiro atoms. The fourth-order valence-corrected chi connectivity index (χ4v) is 1.79. The lowest BCUT2D eigenvalue weighted by Gasteiger charge is -2.06. The number of aromatic hydroxyl groups is 2. The Morgan fingerprint density at radius 3 is 2.41 bits per heavy atom. The molecule has 2 aromatic rings. The minimum Gasteiger partial charge on any atom is -0.492 e. The van der Waals surface area contributed by atoms with Gasteiger partial charge in [0.2, 0.25) is 11.8 Å². The second-order valence-electron chi connectivity index (χ2n) is 3.23. The molecule has 88 valence electrons. The first-order valence-corrected chi connectivity index (χ1v) is 5.74. The van der Waals surface area contributed by atoms with Crippen molar-refractivity contribution in [3.8, 4) is 11.8 Å². The number of halogens is 1. The molecule has 0 aliphatic heterocycles. The van der Waals surface area contributed by atoms with E-state index in [0.29, 0.717) is 10.3 Å². The van der Waals surface area contributed by atoms with Crippen LogP contribution >= 0.6 is 22.6 Å². The van der Waals surface area contributed by atoms with Gasteiger partial charge < -0.3 is 15.1 Å². The number of nitrogens with zero attached hydrogens (tertiary/aromatic N) is 1. The average Bonchev–Trinajstić information content (AvgIpc) is 2.61. The van der Waals surface area contributed by atoms with Crippen molar-refractivity contribution in [2.24, 2.45) is 0 Å². The van der Waals surface area contributed by atoms with Crippen LogP contribution in [0, 0.1) is 3.57 Å². The van der Waals surface area contributed by atoms with Gasteiger partial charge in [0.25, 0.3) is 0 Å². The highest BCUT2D eigenvalue weighted by molar-refractivity contribution is 14.1. The first-order valence-electron chi connectivity index (χ1n) is 4.66. The van der Waals surface area contributed by atoms with Crippen molar-refractivity contribution < 1.29 is 19.8 Å². The Kier molecular flexibility index (Phi) is 3.23. The van der Waals surface area contributed by atoms with E-state index < -0.39 is 5.97 Å². The van der Waals surface area contributed by atoms with E-state index in [1.54, 1.807) is 18.2 Å². The predicted molar refractivity (Wildman–Crippen MR) is 67.8 cm³/mol. The molecule has 17 heavy (non-hydrogen) atoms. The standard InChI is InChI=1S/C11H8INO4/c12-8-3-1-2-7(6-8)11(16)17-13-9(14)4-5-10(13)15/h1-6,14-15H/i12-4. The third kappa shape index (κ3) is 2.52. The van der Waals surface area contributed by atoms with Crippen LogP contribution in [-0.4, -0.2) is 20.9 Å². The summed E-state index contributed by atoms with van der Waals surface area (Å²) in [6, 6.07) is 9.22. The van der Waals surface area contributed by atoms with E-state index in [2.05, 4.69) is 22.6 Å². The monoisotopic (exact) mass is 341 g/mol. The number of aromatic nitrogens is 1. The van der Waals surface area contributed by atoms with Crippen molar-refractivity contribution in [2.45, 2.75) is 0 Å². The van der Waals surface area contributed by atoms with E-state index in [1.165, 1.54) is 12.1 Å². The van der Waals surface area contributed by atoms with Crippen LogP contribution < -0.4 is 4.84 Å². The Bertz CT molecular complexity index is 545. The molecule has 0 atom stereocenters. The summed E-state index contributed by atoms with van der Waals surface area (Å²) in [7, 11) is 0. The zero-order valence-electron chi connectivity index (χ0n) is 8.50. The molecule has 0 fully saturated rings. The van der Waals surface area contributed by atoms with Crippen LogP contribution in [0.2, 0.25) is 0 Å². The molecule has 0 radical (unpaired) electrons. The number of carbonyl (C=O) groups is 1. The van der Waals surface area contributed by atoms with E-state index in [-0.39, 0.29) is 11.8 Å². The number of benzene rings is 1. The number of hydrogen-bond donors (Lipinski definition) is 2. The topological polar surface area (TPSA) is 71.7 Å². The van der Waals surface area contributed by atoms with Crippen LogP contribution in [0.25, 0.3) is 0 Å². The first-order chi connectivity index (χ1) is 8.08. The third-order valence-electron chi connectivity index (χ3n) is 2.03. The van der Waals surface area contributed by atoms with E-state index in [4.69, 9.17) is 4.84 Å². The van der Waals surface area contributed by atoms with Crippen molar-refractivity contribution in [3.63, 3.8) is 0 Å². The summed E-state index contributed by atoms with van der Waals surface area (Å²) < 4.78 is 1.54. The van der Waals surface area contributed by atoms with Gasteiger partial charge in [0.05, 0.1) is 5.56 Å². The normalized spacial score (nSPS) is 10.2. The van der Waals surface area contributed by atoms with Gasteiger partial charge in [-0.3, -0.25) is 0 Å². The van der Waals surface area contributed by atoms with Crippen LogP contribution in [-0.2, 0) is 0 Å². The van der Waals surface area contributed by atoms with Crippen LogP contribution in [0.15, 0.2) is 36.4 Å². The maximum Gasteiger partial charge on any atom is 0.363 e. The Labute approximate surface area is 110 Å². The number of rotatable bonds is 2. The molecule has 2 N–H and O–H groups in total. The molecule has 0 aliphatic carbocycles. The van der Waals surface area contributed by atoms with Gasteiger partial charge in [0, 0.05) is 15.7 Å². The Morgan fingerprint density at radius 2 is 1.82 bits per heavy atom. The minimum absolute atomic E-state index is 0.337. The molecule has 1 heterocycles. The fourth-order valence-electron chi connectivity index (χ4n) is 1.25. The van der Waals surface area contributed by atoms with Gasteiger partial charge in [-0.05, 0) is 40.8 Å². The van der Waals surface area contributed by atoms with Gasteiger partial charge in [-0.25, -0.2) is 4.79 Å². The molecule has 2 rings (SSSR count).